The van der Waals surface area contributed by atoms with Gasteiger partial charge in [0.05, 0.1) is 5.52 Å². The monoisotopic (exact) mass is 278 g/mol. The third-order valence-electron chi connectivity index (χ3n) is 3.32. The minimum Gasteiger partial charge on any atom is -0.372 e. The summed E-state index contributed by atoms with van der Waals surface area (Å²) in [7, 11) is 1.87. The molecule has 1 aromatic heterocycles. The number of aryl methyl sites for hydroxylation is 2. The highest BCUT2D eigenvalue weighted by Crippen LogP contribution is 2.23. The third kappa shape index (κ3) is 2.79. The predicted molar refractivity (Wildman–Crippen MR) is 88.3 cm³/mol. The van der Waals surface area contributed by atoms with Crippen molar-refractivity contribution in [1.82, 2.24) is 9.97 Å². The van der Waals surface area contributed by atoms with E-state index in [1.165, 1.54) is 11.1 Å². The first-order valence-corrected chi connectivity index (χ1v) is 6.95. The van der Waals surface area contributed by atoms with E-state index in [1.807, 2.05) is 31.3 Å². The van der Waals surface area contributed by atoms with Crippen molar-refractivity contribution in [2.75, 3.05) is 17.7 Å². The molecule has 0 aliphatic rings. The van der Waals surface area contributed by atoms with Crippen molar-refractivity contribution >= 4 is 28.4 Å². The first-order valence-electron chi connectivity index (χ1n) is 6.95. The molecule has 3 rings (SSSR count). The quantitative estimate of drug-likeness (QED) is 0.759. The van der Waals surface area contributed by atoms with Crippen molar-refractivity contribution in [1.29, 1.82) is 0 Å². The molecule has 0 aliphatic carbocycles. The zero-order valence-corrected chi connectivity index (χ0v) is 12.4. The van der Waals surface area contributed by atoms with Crippen LogP contribution in [-0.2, 0) is 0 Å². The van der Waals surface area contributed by atoms with E-state index in [4.69, 9.17) is 0 Å². The van der Waals surface area contributed by atoms with Gasteiger partial charge in [-0.05, 0) is 49.2 Å². The zero-order valence-electron chi connectivity index (χ0n) is 12.4. The highest BCUT2D eigenvalue weighted by Gasteiger charge is 2.06. The molecule has 3 aromatic rings. The summed E-state index contributed by atoms with van der Waals surface area (Å²) in [6.07, 6.45) is 0. The Morgan fingerprint density at radius 3 is 2.33 bits per heavy atom. The molecule has 4 heteroatoms. The SMILES string of the molecule is CNc1nc(Nc2cc(C)cc(C)c2)nc2ccccc12. The van der Waals surface area contributed by atoms with Crippen molar-refractivity contribution in [3.05, 3.63) is 53.6 Å². The standard InChI is InChI=1S/C17H18N4/c1-11-8-12(2)10-13(9-11)19-17-20-15-7-5-4-6-14(15)16(18-3)21-17/h4-10H,1-3H3,(H2,18,19,20,21). The number of aromatic nitrogens is 2. The first kappa shape index (κ1) is 13.4. The van der Waals surface area contributed by atoms with Crippen LogP contribution >= 0.6 is 0 Å². The maximum absolute atomic E-state index is 4.58. The zero-order chi connectivity index (χ0) is 14.8. The van der Waals surface area contributed by atoms with Gasteiger partial charge in [-0.2, -0.15) is 4.98 Å². The van der Waals surface area contributed by atoms with Gasteiger partial charge in [-0.15, -0.1) is 0 Å². The van der Waals surface area contributed by atoms with Gasteiger partial charge in [0.1, 0.15) is 5.82 Å². The summed E-state index contributed by atoms with van der Waals surface area (Å²) in [4.78, 5) is 9.12. The molecule has 1 heterocycles. The predicted octanol–water partition coefficient (Wildman–Crippen LogP) is 4.03. The molecule has 0 atom stereocenters. The molecule has 0 radical (unpaired) electrons. The van der Waals surface area contributed by atoms with E-state index in [-0.39, 0.29) is 0 Å². The number of para-hydroxylation sites is 1. The number of benzene rings is 2. The van der Waals surface area contributed by atoms with Gasteiger partial charge >= 0.3 is 0 Å². The molecule has 0 spiro atoms. The van der Waals surface area contributed by atoms with E-state index in [9.17, 15) is 0 Å². The summed E-state index contributed by atoms with van der Waals surface area (Å²) in [5.74, 6) is 1.43. The summed E-state index contributed by atoms with van der Waals surface area (Å²) >= 11 is 0. The second-order valence-electron chi connectivity index (χ2n) is 5.16. The number of fused-ring (bicyclic) bond motifs is 1. The lowest BCUT2D eigenvalue weighted by Gasteiger charge is -2.10. The van der Waals surface area contributed by atoms with Crippen molar-refractivity contribution in [2.45, 2.75) is 13.8 Å². The largest absolute Gasteiger partial charge is 0.372 e. The molecule has 21 heavy (non-hydrogen) atoms. The fraction of sp³-hybridized carbons (Fsp3) is 0.176. The Morgan fingerprint density at radius 2 is 1.62 bits per heavy atom. The van der Waals surface area contributed by atoms with Crippen LogP contribution in [0.4, 0.5) is 17.5 Å². The second-order valence-corrected chi connectivity index (χ2v) is 5.16. The topological polar surface area (TPSA) is 49.8 Å². The average molecular weight is 278 g/mol. The Hall–Kier alpha value is -2.62. The van der Waals surface area contributed by atoms with Gasteiger partial charge in [0, 0.05) is 18.1 Å². The molecular formula is C17H18N4. The minimum absolute atomic E-state index is 0.600. The Bertz CT molecular complexity index is 776. The highest BCUT2D eigenvalue weighted by atomic mass is 15.1. The normalized spacial score (nSPS) is 10.6. The van der Waals surface area contributed by atoms with Gasteiger partial charge in [0.15, 0.2) is 0 Å². The lowest BCUT2D eigenvalue weighted by atomic mass is 10.1. The molecular weight excluding hydrogens is 260 g/mol. The van der Waals surface area contributed by atoms with Crippen LogP contribution < -0.4 is 10.6 Å². The summed E-state index contributed by atoms with van der Waals surface area (Å²) in [5, 5.41) is 7.44. The molecule has 0 amide bonds. The van der Waals surface area contributed by atoms with Gasteiger partial charge in [0.2, 0.25) is 5.95 Å². The number of rotatable bonds is 3. The van der Waals surface area contributed by atoms with Crippen LogP contribution in [0.5, 0.6) is 0 Å². The van der Waals surface area contributed by atoms with Crippen molar-refractivity contribution in [2.24, 2.45) is 0 Å². The molecule has 2 N–H and O–H groups in total. The minimum atomic E-state index is 0.600. The van der Waals surface area contributed by atoms with Gasteiger partial charge in [-0.25, -0.2) is 4.98 Å². The Morgan fingerprint density at radius 1 is 0.905 bits per heavy atom. The van der Waals surface area contributed by atoms with Gasteiger partial charge < -0.3 is 10.6 Å². The summed E-state index contributed by atoms with van der Waals surface area (Å²) in [5.41, 5.74) is 4.35. The average Bonchev–Trinajstić information content (AvgIpc) is 2.45. The molecule has 4 nitrogen and oxygen atoms in total. The lowest BCUT2D eigenvalue weighted by molar-refractivity contribution is 1.20. The third-order valence-corrected chi connectivity index (χ3v) is 3.32. The van der Waals surface area contributed by atoms with Gasteiger partial charge in [-0.1, -0.05) is 18.2 Å². The van der Waals surface area contributed by atoms with E-state index in [0.717, 1.165) is 22.4 Å². The molecule has 0 saturated carbocycles. The number of nitrogens with one attached hydrogen (secondary N) is 2. The highest BCUT2D eigenvalue weighted by molar-refractivity contribution is 5.90. The maximum atomic E-state index is 4.58. The van der Waals surface area contributed by atoms with Crippen molar-refractivity contribution in [3.8, 4) is 0 Å². The Balaban J connectivity index is 2.04. The number of hydrogen-bond donors (Lipinski definition) is 2. The van der Waals surface area contributed by atoms with Crippen LogP contribution in [0.1, 0.15) is 11.1 Å². The number of hydrogen-bond acceptors (Lipinski definition) is 4. The Labute approximate surface area is 124 Å². The van der Waals surface area contributed by atoms with Crippen LogP contribution in [0.25, 0.3) is 10.9 Å². The van der Waals surface area contributed by atoms with Crippen LogP contribution in [0, 0.1) is 13.8 Å². The fourth-order valence-corrected chi connectivity index (χ4v) is 2.50. The van der Waals surface area contributed by atoms with E-state index in [0.29, 0.717) is 5.95 Å². The Kier molecular flexibility index (Phi) is 3.44. The second kappa shape index (κ2) is 5.40. The van der Waals surface area contributed by atoms with Crippen molar-refractivity contribution < 1.29 is 0 Å². The van der Waals surface area contributed by atoms with E-state index in [1.54, 1.807) is 0 Å². The van der Waals surface area contributed by atoms with Crippen LogP contribution in [0.15, 0.2) is 42.5 Å². The molecule has 0 bridgehead atoms. The molecule has 106 valence electrons. The maximum Gasteiger partial charge on any atom is 0.229 e. The molecule has 0 unspecified atom stereocenters. The number of nitrogens with zero attached hydrogens (tertiary/aromatic N) is 2. The van der Waals surface area contributed by atoms with Crippen LogP contribution in [0.2, 0.25) is 0 Å². The van der Waals surface area contributed by atoms with Crippen LogP contribution in [-0.4, -0.2) is 17.0 Å². The fourth-order valence-electron chi connectivity index (χ4n) is 2.50. The van der Waals surface area contributed by atoms with E-state index >= 15 is 0 Å². The lowest BCUT2D eigenvalue weighted by Crippen LogP contribution is -2.02. The molecule has 0 aliphatic heterocycles. The van der Waals surface area contributed by atoms with Gasteiger partial charge in [-0.3, -0.25) is 0 Å². The summed E-state index contributed by atoms with van der Waals surface area (Å²) in [6.45, 7) is 4.16. The summed E-state index contributed by atoms with van der Waals surface area (Å²) < 4.78 is 0. The van der Waals surface area contributed by atoms with Crippen molar-refractivity contribution in [3.63, 3.8) is 0 Å². The van der Waals surface area contributed by atoms with E-state index < -0.39 is 0 Å². The van der Waals surface area contributed by atoms with E-state index in [2.05, 4.69) is 52.6 Å². The van der Waals surface area contributed by atoms with Crippen LogP contribution in [0.3, 0.4) is 0 Å². The number of anilines is 3. The molecule has 0 saturated heterocycles. The molecule has 0 fully saturated rings. The summed E-state index contributed by atoms with van der Waals surface area (Å²) in [6, 6.07) is 14.3. The smallest absolute Gasteiger partial charge is 0.229 e. The van der Waals surface area contributed by atoms with Gasteiger partial charge in [0.25, 0.3) is 0 Å². The molecule has 2 aromatic carbocycles. The first-order chi connectivity index (χ1) is 10.2.